The first-order valence-corrected chi connectivity index (χ1v) is 8.02. The molecule has 0 unspecified atom stereocenters. The molecule has 0 radical (unpaired) electrons. The molecule has 6 heteroatoms. The fourth-order valence-corrected chi connectivity index (χ4v) is 3.33. The lowest BCUT2D eigenvalue weighted by molar-refractivity contribution is -0.125. The summed E-state index contributed by atoms with van der Waals surface area (Å²) in [5.74, 6) is 1.22. The number of para-hydroxylation sites is 1. The zero-order valence-electron chi connectivity index (χ0n) is 13.4. The molecule has 0 spiro atoms. The van der Waals surface area contributed by atoms with Gasteiger partial charge < -0.3 is 15.5 Å². The van der Waals surface area contributed by atoms with E-state index in [1.165, 1.54) is 0 Å². The minimum atomic E-state index is 0. The number of halogens is 1. The van der Waals surface area contributed by atoms with Gasteiger partial charge >= 0.3 is 0 Å². The molecular formula is C17H24ClN3O2. The van der Waals surface area contributed by atoms with Gasteiger partial charge in [-0.1, -0.05) is 18.6 Å². The summed E-state index contributed by atoms with van der Waals surface area (Å²) in [6.45, 7) is 3.17. The van der Waals surface area contributed by atoms with Gasteiger partial charge in [-0.05, 0) is 43.9 Å². The van der Waals surface area contributed by atoms with Gasteiger partial charge in [-0.15, -0.1) is 12.4 Å². The van der Waals surface area contributed by atoms with E-state index in [0.29, 0.717) is 31.3 Å². The standard InChI is InChI=1S/C17H23N3O2.ClH/c1-11-4-2-7-14-16(11)20-15(22-14)8-9-19-17(21)13-6-3-5-12(13)10-18;/h2,4,7,12-13H,3,5-6,8-10,18H2,1H3,(H,19,21);1H/t12-,13-;/m1./s1. The zero-order chi connectivity index (χ0) is 15.5. The molecular weight excluding hydrogens is 314 g/mol. The first-order valence-electron chi connectivity index (χ1n) is 8.02. The lowest BCUT2D eigenvalue weighted by atomic mass is 9.95. The Hall–Kier alpha value is -1.59. The van der Waals surface area contributed by atoms with Crippen LogP contribution in [0, 0.1) is 18.8 Å². The van der Waals surface area contributed by atoms with E-state index in [2.05, 4.69) is 10.3 Å². The summed E-state index contributed by atoms with van der Waals surface area (Å²) >= 11 is 0. The molecule has 0 aliphatic heterocycles. The second kappa shape index (κ2) is 7.79. The highest BCUT2D eigenvalue weighted by Crippen LogP contribution is 2.30. The summed E-state index contributed by atoms with van der Waals surface area (Å²) in [4.78, 5) is 16.7. The van der Waals surface area contributed by atoms with E-state index in [0.717, 1.165) is 35.9 Å². The van der Waals surface area contributed by atoms with Crippen molar-refractivity contribution in [2.24, 2.45) is 17.6 Å². The number of rotatable bonds is 5. The van der Waals surface area contributed by atoms with Crippen LogP contribution >= 0.6 is 12.4 Å². The minimum absolute atomic E-state index is 0. The van der Waals surface area contributed by atoms with Gasteiger partial charge in [-0.3, -0.25) is 4.79 Å². The molecule has 0 saturated heterocycles. The maximum atomic E-state index is 12.2. The van der Waals surface area contributed by atoms with Crippen molar-refractivity contribution in [1.82, 2.24) is 10.3 Å². The number of carbonyl (C=O) groups excluding carboxylic acids is 1. The Morgan fingerprint density at radius 1 is 1.43 bits per heavy atom. The van der Waals surface area contributed by atoms with Crippen molar-refractivity contribution in [3.05, 3.63) is 29.7 Å². The Balaban J connectivity index is 0.00000192. The molecule has 1 fully saturated rings. The first-order chi connectivity index (χ1) is 10.7. The van der Waals surface area contributed by atoms with Crippen LogP contribution in [0.1, 0.15) is 30.7 Å². The number of aromatic nitrogens is 1. The van der Waals surface area contributed by atoms with E-state index in [1.54, 1.807) is 0 Å². The maximum absolute atomic E-state index is 12.2. The summed E-state index contributed by atoms with van der Waals surface area (Å²) in [6.07, 6.45) is 3.74. The number of hydrogen-bond acceptors (Lipinski definition) is 4. The largest absolute Gasteiger partial charge is 0.441 e. The molecule has 1 aromatic carbocycles. The first kappa shape index (κ1) is 17.8. The van der Waals surface area contributed by atoms with Crippen LogP contribution in [0.15, 0.2) is 22.6 Å². The SMILES string of the molecule is Cc1cccc2oc(CCNC(=O)[C@@H]3CCC[C@@H]3CN)nc12.Cl. The van der Waals surface area contributed by atoms with Crippen molar-refractivity contribution < 1.29 is 9.21 Å². The summed E-state index contributed by atoms with van der Waals surface area (Å²) in [6, 6.07) is 5.90. The van der Waals surface area contributed by atoms with Gasteiger partial charge in [0.1, 0.15) is 5.52 Å². The van der Waals surface area contributed by atoms with E-state index in [9.17, 15) is 4.79 Å². The molecule has 1 heterocycles. The highest BCUT2D eigenvalue weighted by molar-refractivity contribution is 5.85. The average molecular weight is 338 g/mol. The van der Waals surface area contributed by atoms with E-state index < -0.39 is 0 Å². The third-order valence-corrected chi connectivity index (χ3v) is 4.60. The number of nitrogens with zero attached hydrogens (tertiary/aromatic N) is 1. The molecule has 2 atom stereocenters. The second-order valence-electron chi connectivity index (χ2n) is 6.10. The van der Waals surface area contributed by atoms with Gasteiger partial charge in [0.2, 0.25) is 5.91 Å². The van der Waals surface area contributed by atoms with Crippen molar-refractivity contribution in [2.75, 3.05) is 13.1 Å². The van der Waals surface area contributed by atoms with E-state index in [4.69, 9.17) is 10.2 Å². The predicted octanol–water partition coefficient (Wildman–Crippen LogP) is 2.59. The number of carbonyl (C=O) groups is 1. The quantitative estimate of drug-likeness (QED) is 0.878. The van der Waals surface area contributed by atoms with Gasteiger partial charge in [-0.2, -0.15) is 0 Å². The fourth-order valence-electron chi connectivity index (χ4n) is 3.33. The summed E-state index contributed by atoms with van der Waals surface area (Å²) < 4.78 is 5.72. The van der Waals surface area contributed by atoms with Gasteiger partial charge in [0.15, 0.2) is 11.5 Å². The molecule has 5 nitrogen and oxygen atoms in total. The highest BCUT2D eigenvalue weighted by Gasteiger charge is 2.31. The number of benzene rings is 1. The Morgan fingerprint density at radius 3 is 3.00 bits per heavy atom. The Kier molecular flexibility index (Phi) is 6.02. The number of nitrogens with one attached hydrogen (secondary N) is 1. The van der Waals surface area contributed by atoms with Crippen LogP contribution in [0.25, 0.3) is 11.1 Å². The number of fused-ring (bicyclic) bond motifs is 1. The van der Waals surface area contributed by atoms with Crippen molar-refractivity contribution in [3.63, 3.8) is 0 Å². The molecule has 1 amide bonds. The minimum Gasteiger partial charge on any atom is -0.441 e. The van der Waals surface area contributed by atoms with Crippen LogP contribution in [-0.2, 0) is 11.2 Å². The lowest BCUT2D eigenvalue weighted by Gasteiger charge is -2.16. The smallest absolute Gasteiger partial charge is 0.223 e. The molecule has 1 aliphatic carbocycles. The van der Waals surface area contributed by atoms with Crippen LogP contribution in [0.5, 0.6) is 0 Å². The third-order valence-electron chi connectivity index (χ3n) is 4.60. The molecule has 126 valence electrons. The van der Waals surface area contributed by atoms with Gasteiger partial charge in [-0.25, -0.2) is 4.98 Å². The molecule has 3 rings (SSSR count). The molecule has 1 saturated carbocycles. The monoisotopic (exact) mass is 337 g/mol. The fraction of sp³-hybridized carbons (Fsp3) is 0.529. The van der Waals surface area contributed by atoms with E-state index in [1.807, 2.05) is 25.1 Å². The van der Waals surface area contributed by atoms with Crippen molar-refractivity contribution in [1.29, 1.82) is 0 Å². The zero-order valence-corrected chi connectivity index (χ0v) is 14.2. The predicted molar refractivity (Wildman–Crippen MR) is 92.6 cm³/mol. The van der Waals surface area contributed by atoms with Crippen LogP contribution < -0.4 is 11.1 Å². The second-order valence-corrected chi connectivity index (χ2v) is 6.10. The van der Waals surface area contributed by atoms with Crippen molar-refractivity contribution in [3.8, 4) is 0 Å². The number of oxazole rings is 1. The van der Waals surface area contributed by atoms with Crippen LogP contribution in [0.3, 0.4) is 0 Å². The number of amides is 1. The number of aryl methyl sites for hydroxylation is 1. The molecule has 23 heavy (non-hydrogen) atoms. The average Bonchev–Trinajstić information content (AvgIpc) is 3.13. The van der Waals surface area contributed by atoms with Crippen LogP contribution in [-0.4, -0.2) is 24.0 Å². The summed E-state index contributed by atoms with van der Waals surface area (Å²) in [7, 11) is 0. The van der Waals surface area contributed by atoms with E-state index in [-0.39, 0.29) is 24.2 Å². The van der Waals surface area contributed by atoms with Crippen LogP contribution in [0.2, 0.25) is 0 Å². The lowest BCUT2D eigenvalue weighted by Crippen LogP contribution is -2.36. The molecule has 1 aliphatic rings. The Labute approximate surface area is 142 Å². The van der Waals surface area contributed by atoms with Crippen LogP contribution in [0.4, 0.5) is 0 Å². The topological polar surface area (TPSA) is 81.2 Å². The molecule has 0 bridgehead atoms. The molecule has 2 aromatic rings. The summed E-state index contributed by atoms with van der Waals surface area (Å²) in [5, 5.41) is 3.00. The summed E-state index contributed by atoms with van der Waals surface area (Å²) in [5.41, 5.74) is 8.55. The highest BCUT2D eigenvalue weighted by atomic mass is 35.5. The van der Waals surface area contributed by atoms with Gasteiger partial charge in [0, 0.05) is 18.9 Å². The molecule has 1 aromatic heterocycles. The Morgan fingerprint density at radius 2 is 2.26 bits per heavy atom. The normalized spacial score (nSPS) is 20.4. The van der Waals surface area contributed by atoms with Crippen molar-refractivity contribution in [2.45, 2.75) is 32.6 Å². The number of nitrogens with two attached hydrogens (primary N) is 1. The maximum Gasteiger partial charge on any atom is 0.223 e. The van der Waals surface area contributed by atoms with Gasteiger partial charge in [0.25, 0.3) is 0 Å². The van der Waals surface area contributed by atoms with Gasteiger partial charge in [0.05, 0.1) is 0 Å². The molecule has 3 N–H and O–H groups in total. The third kappa shape index (κ3) is 3.85. The number of hydrogen-bond donors (Lipinski definition) is 2. The van der Waals surface area contributed by atoms with Crippen molar-refractivity contribution >= 4 is 29.4 Å². The Bertz CT molecular complexity index is 671. The van der Waals surface area contributed by atoms with E-state index >= 15 is 0 Å².